The number of likely N-dealkylation sites (N-methyl/N-ethyl adjacent to an activating group) is 1. The van der Waals surface area contributed by atoms with Crippen molar-refractivity contribution in [1.29, 1.82) is 0 Å². The van der Waals surface area contributed by atoms with Gasteiger partial charge in [-0.15, -0.1) is 0 Å². The topological polar surface area (TPSA) is 57.5 Å². The lowest BCUT2D eigenvalue weighted by Crippen LogP contribution is -2.54. The van der Waals surface area contributed by atoms with Crippen LogP contribution < -0.4 is 0 Å². The molecule has 106 valence electrons. The molecule has 4 nitrogen and oxygen atoms in total. The summed E-state index contributed by atoms with van der Waals surface area (Å²) < 4.78 is 0.425. The first kappa shape index (κ1) is 17.1. The number of quaternary nitrogens is 1. The molecule has 2 N–H and O–H groups in total. The molecule has 18 heavy (non-hydrogen) atoms. The fraction of sp³-hybridized carbons (Fsp3) is 0.786. The van der Waals surface area contributed by atoms with Crippen molar-refractivity contribution < 1.29 is 19.5 Å². The summed E-state index contributed by atoms with van der Waals surface area (Å²) >= 11 is 0. The highest BCUT2D eigenvalue weighted by atomic mass is 16.4. The van der Waals surface area contributed by atoms with Gasteiger partial charge >= 0.3 is 5.97 Å². The largest absolute Gasteiger partial charge is 0.477 e. The highest BCUT2D eigenvalue weighted by Gasteiger charge is 2.28. The summed E-state index contributed by atoms with van der Waals surface area (Å²) in [5.74, 6) is -0.805. The molecule has 0 heterocycles. The Labute approximate surface area is 111 Å². The lowest BCUT2D eigenvalue weighted by molar-refractivity contribution is -0.920. The average molecular weight is 258 g/mol. The van der Waals surface area contributed by atoms with Gasteiger partial charge in [-0.05, 0) is 20.3 Å². The lowest BCUT2D eigenvalue weighted by atomic mass is 10.2. The average Bonchev–Trinajstić information content (AvgIpc) is 2.33. The van der Waals surface area contributed by atoms with Crippen LogP contribution in [-0.4, -0.2) is 52.9 Å². The summed E-state index contributed by atoms with van der Waals surface area (Å²) in [6.07, 6.45) is 6.49. The molecule has 1 unspecified atom stereocenters. The molecule has 0 aliphatic rings. The molecular weight excluding hydrogens is 230 g/mol. The number of rotatable bonds is 10. The minimum atomic E-state index is -0.805. The van der Waals surface area contributed by atoms with Gasteiger partial charge in [0.2, 0.25) is 0 Å². The minimum absolute atomic E-state index is 0.0762. The summed E-state index contributed by atoms with van der Waals surface area (Å²) in [4.78, 5) is 10.9. The number of carboxylic acid groups (broad SMARTS) is 1. The first-order chi connectivity index (χ1) is 8.49. The summed E-state index contributed by atoms with van der Waals surface area (Å²) in [6, 6.07) is 0. The van der Waals surface area contributed by atoms with E-state index in [0.717, 1.165) is 32.4 Å². The molecule has 0 aliphatic heterocycles. The molecule has 0 radical (unpaired) electrons. The Balaban J connectivity index is 4.39. The zero-order chi connectivity index (χ0) is 14.0. The van der Waals surface area contributed by atoms with E-state index in [2.05, 4.69) is 6.92 Å². The van der Waals surface area contributed by atoms with Crippen LogP contribution in [0.5, 0.6) is 0 Å². The molecule has 0 amide bonds. The molecule has 0 aromatic heterocycles. The third kappa shape index (κ3) is 6.77. The van der Waals surface area contributed by atoms with Crippen molar-refractivity contribution in [2.75, 3.05) is 26.2 Å². The van der Waals surface area contributed by atoms with Crippen LogP contribution in [0, 0.1) is 0 Å². The molecule has 0 aromatic carbocycles. The van der Waals surface area contributed by atoms with Crippen LogP contribution in [0.15, 0.2) is 12.2 Å². The number of carbonyl (C=O) groups is 1. The monoisotopic (exact) mass is 258 g/mol. The van der Waals surface area contributed by atoms with E-state index in [1.54, 1.807) is 6.08 Å². The Morgan fingerprint density at radius 2 is 1.89 bits per heavy atom. The van der Waals surface area contributed by atoms with Crippen molar-refractivity contribution in [2.45, 2.75) is 46.1 Å². The quantitative estimate of drug-likeness (QED) is 0.358. The van der Waals surface area contributed by atoms with Gasteiger partial charge in [0.05, 0.1) is 13.1 Å². The van der Waals surface area contributed by atoms with Gasteiger partial charge in [0.1, 0.15) is 12.6 Å². The molecule has 0 aliphatic carbocycles. The number of hydrogen-bond acceptors (Lipinski definition) is 2. The van der Waals surface area contributed by atoms with Gasteiger partial charge < -0.3 is 14.7 Å². The van der Waals surface area contributed by atoms with E-state index >= 15 is 0 Å². The van der Waals surface area contributed by atoms with Gasteiger partial charge in [0.15, 0.2) is 6.54 Å². The fourth-order valence-corrected chi connectivity index (χ4v) is 2.09. The number of aliphatic carboxylic acids is 1. The fourth-order valence-electron chi connectivity index (χ4n) is 2.09. The normalized spacial score (nSPS) is 14.0. The SMILES string of the molecule is CCCC/C=C/C(O)C[N+](CC)(CC)CC(=O)O. The van der Waals surface area contributed by atoms with Gasteiger partial charge in [-0.2, -0.15) is 0 Å². The maximum absolute atomic E-state index is 10.9. The zero-order valence-electron chi connectivity index (χ0n) is 11.9. The van der Waals surface area contributed by atoms with Gasteiger partial charge in [-0.1, -0.05) is 31.9 Å². The zero-order valence-corrected chi connectivity index (χ0v) is 11.9. The molecular formula is C14H28NO3+. The van der Waals surface area contributed by atoms with Crippen LogP contribution in [0.4, 0.5) is 0 Å². The van der Waals surface area contributed by atoms with Crippen LogP contribution in [-0.2, 0) is 4.79 Å². The molecule has 0 bridgehead atoms. The number of aliphatic hydroxyl groups excluding tert-OH is 1. The Kier molecular flexibility index (Phi) is 8.67. The number of allylic oxidation sites excluding steroid dienone is 1. The van der Waals surface area contributed by atoms with Crippen molar-refractivity contribution in [2.24, 2.45) is 0 Å². The third-order valence-corrected chi connectivity index (χ3v) is 3.47. The van der Waals surface area contributed by atoms with E-state index in [0.29, 0.717) is 11.0 Å². The predicted molar refractivity (Wildman–Crippen MR) is 73.4 cm³/mol. The minimum Gasteiger partial charge on any atom is -0.477 e. The van der Waals surface area contributed by atoms with Gasteiger partial charge in [0, 0.05) is 0 Å². The standard InChI is InChI=1S/C14H27NO3/c1-4-7-8-9-10-13(16)11-15(5-2,6-3)12-14(17)18/h9-10,13,16H,4-8,11-12H2,1-3H3/p+1/b10-9+. The number of unbranched alkanes of at least 4 members (excludes halogenated alkanes) is 2. The lowest BCUT2D eigenvalue weighted by Gasteiger charge is -2.36. The number of aliphatic hydroxyl groups is 1. The number of carboxylic acids is 1. The Morgan fingerprint density at radius 3 is 2.33 bits per heavy atom. The molecule has 0 aromatic rings. The Morgan fingerprint density at radius 1 is 1.28 bits per heavy atom. The summed E-state index contributed by atoms with van der Waals surface area (Å²) in [7, 11) is 0. The molecule has 0 fully saturated rings. The predicted octanol–water partition coefficient (Wildman–Crippen LogP) is 2.03. The third-order valence-electron chi connectivity index (χ3n) is 3.47. The molecule has 0 spiro atoms. The van der Waals surface area contributed by atoms with Crippen LogP contribution in [0.3, 0.4) is 0 Å². The van der Waals surface area contributed by atoms with Crippen LogP contribution in [0.2, 0.25) is 0 Å². The van der Waals surface area contributed by atoms with E-state index in [9.17, 15) is 9.90 Å². The molecule has 4 heteroatoms. The smallest absolute Gasteiger partial charge is 0.359 e. The van der Waals surface area contributed by atoms with E-state index in [1.165, 1.54) is 0 Å². The van der Waals surface area contributed by atoms with Crippen molar-refractivity contribution in [1.82, 2.24) is 0 Å². The van der Waals surface area contributed by atoms with Crippen LogP contribution in [0.1, 0.15) is 40.0 Å². The summed E-state index contributed by atoms with van der Waals surface area (Å²) in [5.41, 5.74) is 0. The Bertz CT molecular complexity index is 260. The van der Waals surface area contributed by atoms with E-state index < -0.39 is 12.1 Å². The highest BCUT2D eigenvalue weighted by Crippen LogP contribution is 2.09. The first-order valence-corrected chi connectivity index (χ1v) is 6.91. The van der Waals surface area contributed by atoms with Crippen molar-refractivity contribution in [3.8, 4) is 0 Å². The van der Waals surface area contributed by atoms with Crippen LogP contribution in [0.25, 0.3) is 0 Å². The summed E-state index contributed by atoms with van der Waals surface area (Å²) in [6.45, 7) is 8.08. The number of hydrogen-bond donors (Lipinski definition) is 2. The van der Waals surface area contributed by atoms with Gasteiger partial charge in [-0.3, -0.25) is 0 Å². The van der Waals surface area contributed by atoms with E-state index in [1.807, 2.05) is 19.9 Å². The maximum Gasteiger partial charge on any atom is 0.359 e. The Hall–Kier alpha value is -0.870. The first-order valence-electron chi connectivity index (χ1n) is 6.91. The van der Waals surface area contributed by atoms with Gasteiger partial charge in [-0.25, -0.2) is 4.79 Å². The molecule has 0 rings (SSSR count). The van der Waals surface area contributed by atoms with Crippen molar-refractivity contribution >= 4 is 5.97 Å². The van der Waals surface area contributed by atoms with Crippen LogP contribution >= 0.6 is 0 Å². The molecule has 0 saturated carbocycles. The second-order valence-corrected chi connectivity index (χ2v) is 4.85. The highest BCUT2D eigenvalue weighted by molar-refractivity contribution is 5.67. The van der Waals surface area contributed by atoms with E-state index in [4.69, 9.17) is 5.11 Å². The summed E-state index contributed by atoms with van der Waals surface area (Å²) in [5, 5.41) is 18.9. The van der Waals surface area contributed by atoms with E-state index in [-0.39, 0.29) is 6.54 Å². The molecule has 0 saturated heterocycles. The maximum atomic E-state index is 10.9. The second kappa shape index (κ2) is 9.11. The molecule has 1 atom stereocenters. The second-order valence-electron chi connectivity index (χ2n) is 4.85. The van der Waals surface area contributed by atoms with Crippen molar-refractivity contribution in [3.05, 3.63) is 12.2 Å². The van der Waals surface area contributed by atoms with Crippen molar-refractivity contribution in [3.63, 3.8) is 0 Å². The van der Waals surface area contributed by atoms with Gasteiger partial charge in [0.25, 0.3) is 0 Å². The number of nitrogens with zero attached hydrogens (tertiary/aromatic N) is 1.